The van der Waals surface area contributed by atoms with Crippen LogP contribution in [-0.2, 0) is 17.6 Å². The van der Waals surface area contributed by atoms with Gasteiger partial charge >= 0.3 is 0 Å². The Morgan fingerprint density at radius 1 is 1.07 bits per heavy atom. The molecule has 3 aromatic rings. The molecule has 1 amide bonds. The van der Waals surface area contributed by atoms with Crippen LogP contribution in [-0.4, -0.2) is 12.5 Å². The largest absolute Gasteiger partial charge is 0.494 e. The van der Waals surface area contributed by atoms with Crippen molar-refractivity contribution in [2.75, 3.05) is 6.61 Å². The lowest BCUT2D eigenvalue weighted by molar-refractivity contribution is -0.119. The molecule has 0 fully saturated rings. The molecule has 0 aliphatic carbocycles. The first-order chi connectivity index (χ1) is 13.0. The zero-order valence-electron chi connectivity index (χ0n) is 16.2. The predicted molar refractivity (Wildman–Crippen MR) is 108 cm³/mol. The number of fused-ring (bicyclic) bond motifs is 1. The highest BCUT2D eigenvalue weighted by Gasteiger charge is 2.12. The zero-order chi connectivity index (χ0) is 19.2. The molecule has 1 N–H and O–H groups in total. The highest BCUT2D eigenvalue weighted by Crippen LogP contribution is 2.25. The maximum absolute atomic E-state index is 11.2. The lowest BCUT2D eigenvalue weighted by Gasteiger charge is -2.08. The van der Waals surface area contributed by atoms with Gasteiger partial charge in [-0.25, -0.2) is 0 Å². The summed E-state index contributed by atoms with van der Waals surface area (Å²) < 4.78 is 11.6. The predicted octanol–water partition coefficient (Wildman–Crippen LogP) is 5.20. The molecule has 0 bridgehead atoms. The lowest BCUT2D eigenvalue weighted by atomic mass is 10.0. The Bertz CT molecular complexity index is 896. The van der Waals surface area contributed by atoms with E-state index in [1.54, 1.807) is 0 Å². The molecule has 0 aliphatic rings. The number of furan rings is 1. The Hall–Kier alpha value is -2.75. The Morgan fingerprint density at radius 2 is 1.78 bits per heavy atom. The van der Waals surface area contributed by atoms with E-state index in [2.05, 4.69) is 42.6 Å². The van der Waals surface area contributed by atoms with Gasteiger partial charge in [0.15, 0.2) is 0 Å². The van der Waals surface area contributed by atoms with Crippen molar-refractivity contribution in [2.45, 2.75) is 46.1 Å². The molecule has 4 heteroatoms. The van der Waals surface area contributed by atoms with E-state index in [0.29, 0.717) is 0 Å². The van der Waals surface area contributed by atoms with Crippen LogP contribution >= 0.6 is 0 Å². The third kappa shape index (κ3) is 5.13. The van der Waals surface area contributed by atoms with Gasteiger partial charge in [-0.15, -0.1) is 0 Å². The minimum atomic E-state index is -0.133. The van der Waals surface area contributed by atoms with Crippen molar-refractivity contribution in [3.05, 3.63) is 65.4 Å². The number of nitrogens with one attached hydrogen (secondary N) is 1. The second kappa shape index (κ2) is 8.76. The van der Waals surface area contributed by atoms with Crippen LogP contribution in [0.25, 0.3) is 11.0 Å². The Balaban J connectivity index is 1.64. The van der Waals surface area contributed by atoms with Gasteiger partial charge in [0.25, 0.3) is 0 Å². The summed E-state index contributed by atoms with van der Waals surface area (Å²) in [6, 6.07) is 16.5. The smallest absolute Gasteiger partial charge is 0.217 e. The molecule has 0 radical (unpaired) electrons. The highest BCUT2D eigenvalue weighted by atomic mass is 16.5. The average Bonchev–Trinajstić information content (AvgIpc) is 3.08. The summed E-state index contributed by atoms with van der Waals surface area (Å²) in [6.45, 7) is 6.30. The number of amides is 1. The van der Waals surface area contributed by atoms with E-state index in [1.807, 2.05) is 25.1 Å². The molecule has 1 heterocycles. The Kier molecular flexibility index (Phi) is 6.17. The normalized spacial score (nSPS) is 12.1. The monoisotopic (exact) mass is 365 g/mol. The Morgan fingerprint density at radius 3 is 2.48 bits per heavy atom. The summed E-state index contributed by atoms with van der Waals surface area (Å²) in [5, 5.41) is 3.91. The molecule has 0 saturated heterocycles. The highest BCUT2D eigenvalue weighted by molar-refractivity contribution is 5.79. The van der Waals surface area contributed by atoms with Gasteiger partial charge in [-0.3, -0.25) is 4.79 Å². The second-order valence-corrected chi connectivity index (χ2v) is 6.94. The molecule has 1 aromatic heterocycles. The molecule has 0 saturated carbocycles. The minimum absolute atomic E-state index is 0.0604. The molecular formula is C23H27NO3. The average molecular weight is 365 g/mol. The van der Waals surface area contributed by atoms with Crippen LogP contribution in [0.1, 0.15) is 50.1 Å². The van der Waals surface area contributed by atoms with Gasteiger partial charge in [0.2, 0.25) is 5.91 Å². The fourth-order valence-electron chi connectivity index (χ4n) is 3.10. The van der Waals surface area contributed by atoms with Gasteiger partial charge in [0.05, 0.1) is 12.6 Å². The van der Waals surface area contributed by atoms with Crippen LogP contribution in [0.2, 0.25) is 0 Å². The van der Waals surface area contributed by atoms with Gasteiger partial charge in [-0.05, 0) is 61.6 Å². The van der Waals surface area contributed by atoms with Crippen LogP contribution in [0.5, 0.6) is 5.75 Å². The van der Waals surface area contributed by atoms with Crippen molar-refractivity contribution < 1.29 is 13.9 Å². The van der Waals surface area contributed by atoms with E-state index >= 15 is 0 Å². The number of carbonyl (C=O) groups excluding carboxylic acids is 1. The quantitative estimate of drug-likeness (QED) is 0.596. The van der Waals surface area contributed by atoms with Crippen molar-refractivity contribution in [3.8, 4) is 5.75 Å². The molecule has 27 heavy (non-hydrogen) atoms. The summed E-state index contributed by atoms with van der Waals surface area (Å²) in [7, 11) is 0. The standard InChI is InChI=1S/C23H27NO3/c1-4-13-26-21-11-8-18(9-12-21)5-6-19-7-10-20-15-22(27-23(20)14-19)16(2)24-17(3)25/h7-12,14-16H,4-6,13H2,1-3H3,(H,24,25). The number of hydrogen-bond acceptors (Lipinski definition) is 3. The van der Waals surface area contributed by atoms with E-state index in [1.165, 1.54) is 18.1 Å². The fraction of sp³-hybridized carbons (Fsp3) is 0.348. The van der Waals surface area contributed by atoms with Crippen LogP contribution in [0.3, 0.4) is 0 Å². The topological polar surface area (TPSA) is 51.5 Å². The van der Waals surface area contributed by atoms with E-state index in [0.717, 1.165) is 48.3 Å². The summed E-state index contributed by atoms with van der Waals surface area (Å²) in [5.74, 6) is 1.65. The third-order valence-corrected chi connectivity index (χ3v) is 4.55. The first-order valence-electron chi connectivity index (χ1n) is 9.56. The van der Waals surface area contributed by atoms with Gasteiger partial charge < -0.3 is 14.5 Å². The maximum atomic E-state index is 11.2. The molecule has 1 unspecified atom stereocenters. The molecule has 3 rings (SSSR count). The van der Waals surface area contributed by atoms with Crippen molar-refractivity contribution in [1.82, 2.24) is 5.32 Å². The van der Waals surface area contributed by atoms with Crippen LogP contribution in [0.4, 0.5) is 0 Å². The Labute approximate surface area is 160 Å². The first kappa shape index (κ1) is 19.0. The van der Waals surface area contributed by atoms with Crippen molar-refractivity contribution in [3.63, 3.8) is 0 Å². The fourth-order valence-corrected chi connectivity index (χ4v) is 3.10. The number of hydrogen-bond donors (Lipinski definition) is 1. The molecule has 0 spiro atoms. The van der Waals surface area contributed by atoms with E-state index in [9.17, 15) is 4.79 Å². The van der Waals surface area contributed by atoms with Gasteiger partial charge in [0, 0.05) is 12.3 Å². The molecule has 1 atom stereocenters. The van der Waals surface area contributed by atoms with Crippen LogP contribution < -0.4 is 10.1 Å². The summed E-state index contributed by atoms with van der Waals surface area (Å²) in [5.41, 5.74) is 3.39. The molecular weight excluding hydrogens is 338 g/mol. The van der Waals surface area contributed by atoms with Gasteiger partial charge in [0.1, 0.15) is 17.1 Å². The molecule has 0 aliphatic heterocycles. The number of carbonyl (C=O) groups is 1. The van der Waals surface area contributed by atoms with Crippen LogP contribution in [0, 0.1) is 0 Å². The second-order valence-electron chi connectivity index (χ2n) is 6.94. The third-order valence-electron chi connectivity index (χ3n) is 4.55. The zero-order valence-corrected chi connectivity index (χ0v) is 16.2. The summed E-state index contributed by atoms with van der Waals surface area (Å²) in [6.07, 6.45) is 2.93. The van der Waals surface area contributed by atoms with Gasteiger partial charge in [-0.2, -0.15) is 0 Å². The number of ether oxygens (including phenoxy) is 1. The molecule has 4 nitrogen and oxygen atoms in total. The summed E-state index contributed by atoms with van der Waals surface area (Å²) >= 11 is 0. The van der Waals surface area contributed by atoms with Crippen molar-refractivity contribution >= 4 is 16.9 Å². The number of benzene rings is 2. The number of rotatable bonds is 8. The molecule has 2 aromatic carbocycles. The van der Waals surface area contributed by atoms with E-state index < -0.39 is 0 Å². The van der Waals surface area contributed by atoms with Crippen molar-refractivity contribution in [2.24, 2.45) is 0 Å². The van der Waals surface area contributed by atoms with Gasteiger partial charge in [-0.1, -0.05) is 31.2 Å². The maximum Gasteiger partial charge on any atom is 0.217 e. The van der Waals surface area contributed by atoms with E-state index in [4.69, 9.17) is 9.15 Å². The first-order valence-corrected chi connectivity index (χ1v) is 9.56. The van der Waals surface area contributed by atoms with Crippen LogP contribution in [0.15, 0.2) is 52.9 Å². The van der Waals surface area contributed by atoms with E-state index in [-0.39, 0.29) is 11.9 Å². The number of aryl methyl sites for hydroxylation is 2. The lowest BCUT2D eigenvalue weighted by Crippen LogP contribution is -2.23. The SMILES string of the molecule is CCCOc1ccc(CCc2ccc3cc(C(C)NC(C)=O)oc3c2)cc1. The summed E-state index contributed by atoms with van der Waals surface area (Å²) in [4.78, 5) is 11.2. The van der Waals surface area contributed by atoms with Crippen molar-refractivity contribution in [1.29, 1.82) is 0 Å². The minimum Gasteiger partial charge on any atom is -0.494 e. The molecule has 142 valence electrons.